The fourth-order valence-electron chi connectivity index (χ4n) is 4.14. The second-order valence-corrected chi connectivity index (χ2v) is 9.40. The normalized spacial score (nSPS) is 15.3. The summed E-state index contributed by atoms with van der Waals surface area (Å²) < 4.78 is 28.0. The van der Waals surface area contributed by atoms with Crippen molar-refractivity contribution in [1.29, 1.82) is 0 Å². The van der Waals surface area contributed by atoms with E-state index in [1.807, 2.05) is 44.2 Å². The molecule has 0 bridgehead atoms. The van der Waals surface area contributed by atoms with E-state index in [2.05, 4.69) is 5.32 Å². The van der Waals surface area contributed by atoms with Crippen molar-refractivity contribution < 1.29 is 23.2 Å². The van der Waals surface area contributed by atoms with Crippen LogP contribution in [0.15, 0.2) is 48.5 Å². The van der Waals surface area contributed by atoms with Gasteiger partial charge < -0.3 is 15.1 Å². The monoisotopic (exact) mass is 471 g/mol. The highest BCUT2D eigenvalue weighted by Gasteiger charge is 2.37. The van der Waals surface area contributed by atoms with E-state index in [1.165, 1.54) is 6.07 Å². The molecule has 0 radical (unpaired) electrons. The lowest BCUT2D eigenvalue weighted by Gasteiger charge is -2.40. The molecule has 0 unspecified atom stereocenters. The Morgan fingerprint density at radius 2 is 1.38 bits per heavy atom. The molecule has 182 valence electrons. The topological polar surface area (TPSA) is 69.7 Å². The third kappa shape index (κ3) is 5.26. The highest BCUT2D eigenvalue weighted by molar-refractivity contribution is 5.98. The Kier molecular flexibility index (Phi) is 7.69. The number of nitrogens with one attached hydrogen (secondary N) is 1. The SMILES string of the molecule is CC(C)[C@H](NC(=O)c1c(F)cccc1F)C(=O)N1CCN(C(=O)C(C)(C)c2ccccc2)CC1. The first kappa shape index (κ1) is 25.3. The van der Waals surface area contributed by atoms with Gasteiger partial charge in [0.25, 0.3) is 5.91 Å². The van der Waals surface area contributed by atoms with Gasteiger partial charge in [0, 0.05) is 26.2 Å². The predicted molar refractivity (Wildman–Crippen MR) is 125 cm³/mol. The Morgan fingerprint density at radius 3 is 1.91 bits per heavy atom. The van der Waals surface area contributed by atoms with Crippen molar-refractivity contribution in [3.63, 3.8) is 0 Å². The van der Waals surface area contributed by atoms with Gasteiger partial charge in [0.1, 0.15) is 23.2 Å². The van der Waals surface area contributed by atoms with Gasteiger partial charge in [0.15, 0.2) is 0 Å². The Hall–Kier alpha value is -3.29. The lowest BCUT2D eigenvalue weighted by Crippen LogP contribution is -2.58. The summed E-state index contributed by atoms with van der Waals surface area (Å²) in [7, 11) is 0. The van der Waals surface area contributed by atoms with Gasteiger partial charge in [-0.2, -0.15) is 0 Å². The minimum atomic E-state index is -0.986. The van der Waals surface area contributed by atoms with Gasteiger partial charge >= 0.3 is 0 Å². The maximum atomic E-state index is 14.0. The average molecular weight is 472 g/mol. The number of nitrogens with zero attached hydrogens (tertiary/aromatic N) is 2. The number of rotatable bonds is 6. The van der Waals surface area contributed by atoms with Crippen LogP contribution in [0.2, 0.25) is 0 Å². The minimum Gasteiger partial charge on any atom is -0.340 e. The molecular formula is C26H31F2N3O3. The highest BCUT2D eigenvalue weighted by Crippen LogP contribution is 2.26. The van der Waals surface area contributed by atoms with Gasteiger partial charge in [-0.15, -0.1) is 0 Å². The van der Waals surface area contributed by atoms with E-state index in [0.29, 0.717) is 26.2 Å². The molecule has 0 spiro atoms. The Balaban J connectivity index is 1.66. The summed E-state index contributed by atoms with van der Waals surface area (Å²) in [5.41, 5.74) is -0.493. The van der Waals surface area contributed by atoms with Crippen molar-refractivity contribution in [3.8, 4) is 0 Å². The van der Waals surface area contributed by atoms with E-state index >= 15 is 0 Å². The molecule has 8 heteroatoms. The summed E-state index contributed by atoms with van der Waals surface area (Å²) in [6.07, 6.45) is 0. The molecule has 1 saturated heterocycles. The fourth-order valence-corrected chi connectivity index (χ4v) is 4.14. The van der Waals surface area contributed by atoms with Crippen LogP contribution in [0.4, 0.5) is 8.78 Å². The van der Waals surface area contributed by atoms with Gasteiger partial charge in [-0.3, -0.25) is 14.4 Å². The molecule has 2 aromatic rings. The number of piperazine rings is 1. The van der Waals surface area contributed by atoms with Crippen molar-refractivity contribution in [3.05, 3.63) is 71.3 Å². The molecule has 1 aliphatic heterocycles. The number of halogens is 2. The number of hydrogen-bond acceptors (Lipinski definition) is 3. The maximum absolute atomic E-state index is 14.0. The van der Waals surface area contributed by atoms with Crippen LogP contribution in [-0.4, -0.2) is 59.7 Å². The molecule has 1 heterocycles. The highest BCUT2D eigenvalue weighted by atomic mass is 19.1. The van der Waals surface area contributed by atoms with Gasteiger partial charge in [0.05, 0.1) is 5.41 Å². The summed E-state index contributed by atoms with van der Waals surface area (Å²) in [5, 5.41) is 2.50. The number of carbonyl (C=O) groups excluding carboxylic acids is 3. The Labute approximate surface area is 198 Å². The lowest BCUT2D eigenvalue weighted by atomic mass is 9.83. The number of amides is 3. The summed E-state index contributed by atoms with van der Waals surface area (Å²) >= 11 is 0. The van der Waals surface area contributed by atoms with Crippen LogP contribution in [0, 0.1) is 17.6 Å². The predicted octanol–water partition coefficient (Wildman–Crippen LogP) is 3.37. The standard InChI is InChI=1S/C26H31F2N3O3/c1-17(2)22(29-23(32)21-19(27)11-8-12-20(21)28)24(33)30-13-15-31(16-14-30)25(34)26(3,4)18-9-6-5-7-10-18/h5-12,17,22H,13-16H2,1-4H3,(H,29,32)/t22-/m0/s1. The zero-order valence-electron chi connectivity index (χ0n) is 20.0. The third-order valence-electron chi connectivity index (χ3n) is 6.32. The van der Waals surface area contributed by atoms with E-state index < -0.39 is 34.6 Å². The van der Waals surface area contributed by atoms with Crippen molar-refractivity contribution in [2.24, 2.45) is 5.92 Å². The molecule has 1 atom stereocenters. The molecule has 1 aliphatic rings. The quantitative estimate of drug-likeness (QED) is 0.703. The van der Waals surface area contributed by atoms with E-state index in [9.17, 15) is 23.2 Å². The molecular weight excluding hydrogens is 440 g/mol. The van der Waals surface area contributed by atoms with Crippen molar-refractivity contribution in [1.82, 2.24) is 15.1 Å². The molecule has 3 rings (SSSR count). The number of benzene rings is 2. The smallest absolute Gasteiger partial charge is 0.257 e. The van der Waals surface area contributed by atoms with E-state index in [4.69, 9.17) is 0 Å². The Bertz CT molecular complexity index is 1030. The van der Waals surface area contributed by atoms with Crippen LogP contribution in [0.25, 0.3) is 0 Å². The fraction of sp³-hybridized carbons (Fsp3) is 0.423. The van der Waals surface area contributed by atoms with Crippen LogP contribution in [0.5, 0.6) is 0 Å². The van der Waals surface area contributed by atoms with Gasteiger partial charge in [-0.1, -0.05) is 50.2 Å². The second-order valence-electron chi connectivity index (χ2n) is 9.40. The third-order valence-corrected chi connectivity index (χ3v) is 6.32. The molecule has 0 aliphatic carbocycles. The average Bonchev–Trinajstić information content (AvgIpc) is 2.82. The molecule has 1 N–H and O–H groups in total. The van der Waals surface area contributed by atoms with Gasteiger partial charge in [-0.25, -0.2) is 8.78 Å². The molecule has 1 fully saturated rings. The molecule has 2 aromatic carbocycles. The second kappa shape index (κ2) is 10.3. The zero-order chi connectivity index (χ0) is 25.0. The maximum Gasteiger partial charge on any atom is 0.257 e. The van der Waals surface area contributed by atoms with Crippen LogP contribution in [-0.2, 0) is 15.0 Å². The lowest BCUT2D eigenvalue weighted by molar-refractivity contribution is -0.143. The summed E-state index contributed by atoms with van der Waals surface area (Å²) in [6.45, 7) is 8.61. The number of carbonyl (C=O) groups is 3. The van der Waals surface area contributed by atoms with Crippen molar-refractivity contribution in [2.75, 3.05) is 26.2 Å². The first-order valence-corrected chi connectivity index (χ1v) is 11.4. The van der Waals surface area contributed by atoms with E-state index in [1.54, 1.807) is 23.6 Å². The van der Waals surface area contributed by atoms with Crippen LogP contribution >= 0.6 is 0 Å². The van der Waals surface area contributed by atoms with E-state index in [0.717, 1.165) is 17.7 Å². The molecule has 6 nitrogen and oxygen atoms in total. The van der Waals surface area contributed by atoms with Crippen LogP contribution < -0.4 is 5.32 Å². The molecule has 0 saturated carbocycles. The van der Waals surface area contributed by atoms with Gasteiger partial charge in [-0.05, 0) is 37.5 Å². The zero-order valence-corrected chi connectivity index (χ0v) is 20.0. The molecule has 3 amide bonds. The Morgan fingerprint density at radius 1 is 0.853 bits per heavy atom. The van der Waals surface area contributed by atoms with Crippen LogP contribution in [0.1, 0.15) is 43.6 Å². The summed E-state index contributed by atoms with van der Waals surface area (Å²) in [6, 6.07) is 11.8. The summed E-state index contributed by atoms with van der Waals surface area (Å²) in [4.78, 5) is 42.3. The first-order valence-electron chi connectivity index (χ1n) is 11.4. The van der Waals surface area contributed by atoms with Crippen LogP contribution in [0.3, 0.4) is 0 Å². The molecule has 0 aromatic heterocycles. The largest absolute Gasteiger partial charge is 0.340 e. The number of hydrogen-bond donors (Lipinski definition) is 1. The van der Waals surface area contributed by atoms with Gasteiger partial charge in [0.2, 0.25) is 11.8 Å². The minimum absolute atomic E-state index is 0.0189. The van der Waals surface area contributed by atoms with Crippen molar-refractivity contribution >= 4 is 17.7 Å². The molecule has 34 heavy (non-hydrogen) atoms. The first-order chi connectivity index (χ1) is 16.0. The van der Waals surface area contributed by atoms with E-state index in [-0.39, 0.29) is 17.7 Å². The van der Waals surface area contributed by atoms with Crippen molar-refractivity contribution in [2.45, 2.75) is 39.2 Å². The summed E-state index contributed by atoms with van der Waals surface area (Å²) in [5.74, 6) is -3.60.